The first kappa shape index (κ1) is 26.3. The van der Waals surface area contributed by atoms with E-state index in [0.29, 0.717) is 5.17 Å². The molecule has 0 radical (unpaired) electrons. The van der Waals surface area contributed by atoms with E-state index in [1.807, 2.05) is 24.0 Å². The lowest BCUT2D eigenvalue weighted by Gasteiger charge is -2.28. The van der Waals surface area contributed by atoms with Crippen molar-refractivity contribution in [2.45, 2.75) is 58.4 Å². The van der Waals surface area contributed by atoms with Crippen LogP contribution in [-0.4, -0.2) is 73.6 Å². The van der Waals surface area contributed by atoms with E-state index >= 15 is 0 Å². The summed E-state index contributed by atoms with van der Waals surface area (Å²) in [5.74, 6) is -0.456. The summed E-state index contributed by atoms with van der Waals surface area (Å²) in [7, 11) is -3.16. The third-order valence-corrected chi connectivity index (χ3v) is 8.85. The van der Waals surface area contributed by atoms with Crippen LogP contribution in [0.15, 0.2) is 23.2 Å². The van der Waals surface area contributed by atoms with Gasteiger partial charge < -0.3 is 19.9 Å². The molecule has 0 spiro atoms. The number of rotatable bonds is 6. The number of amidine groups is 1. The average Bonchev–Trinajstić information content (AvgIpc) is 3.17. The number of ether oxygens (including phenoxy) is 1. The Labute approximate surface area is 206 Å². The number of carbonyl (C=O) groups is 2. The molecule has 0 bridgehead atoms. The molecule has 1 aromatic rings. The van der Waals surface area contributed by atoms with Crippen LogP contribution in [0.25, 0.3) is 0 Å². The highest BCUT2D eigenvalue weighted by Gasteiger charge is 2.49. The quantitative estimate of drug-likeness (QED) is 0.622. The molecular weight excluding hydrogens is 476 g/mol. The SMILES string of the molecule is CCN(CC)c1ccc(N2C(=NC(=O)CNC(=O)OC(C)(C)C)S[C@H]3CS(=O)(=O)C[C@H]32)c(C)c1. The van der Waals surface area contributed by atoms with Gasteiger partial charge in [0.2, 0.25) is 0 Å². The first-order valence-corrected chi connectivity index (χ1v) is 14.1. The van der Waals surface area contributed by atoms with Gasteiger partial charge in [0.25, 0.3) is 5.91 Å². The molecule has 2 atom stereocenters. The molecule has 2 aliphatic heterocycles. The van der Waals surface area contributed by atoms with Gasteiger partial charge in [-0.1, -0.05) is 11.8 Å². The van der Waals surface area contributed by atoms with Crippen LogP contribution in [0.5, 0.6) is 0 Å². The molecule has 1 aromatic carbocycles. The van der Waals surface area contributed by atoms with Crippen LogP contribution in [-0.2, 0) is 19.4 Å². The molecule has 2 saturated heterocycles. The zero-order chi connectivity index (χ0) is 25.3. The lowest BCUT2D eigenvalue weighted by Crippen LogP contribution is -2.39. The van der Waals surface area contributed by atoms with E-state index in [1.165, 1.54) is 11.8 Å². The summed E-state index contributed by atoms with van der Waals surface area (Å²) in [6, 6.07) is 5.77. The van der Waals surface area contributed by atoms with Crippen LogP contribution >= 0.6 is 11.8 Å². The van der Waals surface area contributed by atoms with Gasteiger partial charge in [-0.05, 0) is 65.3 Å². The molecule has 3 rings (SSSR count). The number of hydrogen-bond donors (Lipinski definition) is 1. The average molecular weight is 511 g/mol. The van der Waals surface area contributed by atoms with Crippen LogP contribution in [0.4, 0.5) is 16.2 Å². The van der Waals surface area contributed by atoms with Gasteiger partial charge in [-0.15, -0.1) is 0 Å². The fourth-order valence-corrected chi connectivity index (χ4v) is 8.07. The van der Waals surface area contributed by atoms with Crippen LogP contribution < -0.4 is 15.1 Å². The van der Waals surface area contributed by atoms with E-state index in [0.717, 1.165) is 30.0 Å². The zero-order valence-corrected chi connectivity index (χ0v) is 22.3. The lowest BCUT2D eigenvalue weighted by atomic mass is 10.1. The van der Waals surface area contributed by atoms with E-state index in [1.54, 1.807) is 20.8 Å². The van der Waals surface area contributed by atoms with Crippen molar-refractivity contribution in [3.63, 3.8) is 0 Å². The summed E-state index contributed by atoms with van der Waals surface area (Å²) in [6.07, 6.45) is -0.692. The number of sulfone groups is 1. The number of alkyl carbamates (subject to hydrolysis) is 1. The number of nitrogens with one attached hydrogen (secondary N) is 1. The highest BCUT2D eigenvalue weighted by molar-refractivity contribution is 8.16. The highest BCUT2D eigenvalue weighted by atomic mass is 32.2. The molecule has 2 fully saturated rings. The summed E-state index contributed by atoms with van der Waals surface area (Å²) in [5, 5.41) is 2.69. The van der Waals surface area contributed by atoms with E-state index in [-0.39, 0.29) is 29.3 Å². The number of fused-ring (bicyclic) bond motifs is 1. The van der Waals surface area contributed by atoms with Crippen molar-refractivity contribution in [3.05, 3.63) is 23.8 Å². The van der Waals surface area contributed by atoms with Gasteiger partial charge in [-0.3, -0.25) is 4.79 Å². The summed E-state index contributed by atoms with van der Waals surface area (Å²) in [6.45, 7) is 12.8. The summed E-state index contributed by atoms with van der Waals surface area (Å²) >= 11 is 1.31. The summed E-state index contributed by atoms with van der Waals surface area (Å²) in [5.41, 5.74) is 2.22. The minimum Gasteiger partial charge on any atom is -0.444 e. The number of nitrogens with zero attached hydrogens (tertiary/aromatic N) is 3. The van der Waals surface area contributed by atoms with Crippen molar-refractivity contribution < 1.29 is 22.7 Å². The Morgan fingerprint density at radius 2 is 1.91 bits per heavy atom. The molecule has 11 heteroatoms. The number of benzene rings is 1. The summed E-state index contributed by atoms with van der Waals surface area (Å²) in [4.78, 5) is 32.8. The first-order valence-electron chi connectivity index (χ1n) is 11.4. The standard InChI is InChI=1S/C23H34N4O5S2/c1-7-26(8-2)16-9-10-17(15(3)11-16)27-18-13-34(30,31)14-19(18)33-21(27)25-20(28)12-24-22(29)32-23(4,5)6/h9-11,18-19H,7-8,12-14H2,1-6H3,(H,24,29)/t18-,19+/m1/s1. The minimum atomic E-state index is -3.16. The molecule has 0 unspecified atom stereocenters. The lowest BCUT2D eigenvalue weighted by molar-refractivity contribution is -0.117. The molecule has 188 valence electrons. The third-order valence-electron chi connectivity index (χ3n) is 5.64. The second kappa shape index (κ2) is 10.2. The molecule has 0 saturated carbocycles. The molecular formula is C23H34N4O5S2. The molecule has 1 N–H and O–H groups in total. The fraction of sp³-hybridized carbons (Fsp3) is 0.609. The van der Waals surface area contributed by atoms with Crippen LogP contribution in [0, 0.1) is 6.92 Å². The number of hydrogen-bond acceptors (Lipinski definition) is 7. The van der Waals surface area contributed by atoms with Crippen LogP contribution in [0.2, 0.25) is 0 Å². The molecule has 0 aromatic heterocycles. The van der Waals surface area contributed by atoms with Gasteiger partial charge in [0.05, 0.1) is 17.5 Å². The Balaban J connectivity index is 1.86. The third kappa shape index (κ3) is 6.24. The van der Waals surface area contributed by atoms with Gasteiger partial charge in [0, 0.05) is 29.7 Å². The predicted octanol–water partition coefficient (Wildman–Crippen LogP) is 2.97. The Morgan fingerprint density at radius 1 is 1.24 bits per heavy atom. The van der Waals surface area contributed by atoms with Crippen LogP contribution in [0.3, 0.4) is 0 Å². The number of thioether (sulfide) groups is 1. The number of anilines is 2. The van der Waals surface area contributed by atoms with Crippen molar-refractivity contribution in [2.24, 2.45) is 4.99 Å². The van der Waals surface area contributed by atoms with Gasteiger partial charge in [0.1, 0.15) is 12.1 Å². The van der Waals surface area contributed by atoms with E-state index in [9.17, 15) is 18.0 Å². The Morgan fingerprint density at radius 3 is 2.50 bits per heavy atom. The predicted molar refractivity (Wildman–Crippen MR) is 138 cm³/mol. The molecule has 2 heterocycles. The highest BCUT2D eigenvalue weighted by Crippen LogP contribution is 2.42. The van der Waals surface area contributed by atoms with Gasteiger partial charge >= 0.3 is 6.09 Å². The Kier molecular flexibility index (Phi) is 7.86. The second-order valence-electron chi connectivity index (χ2n) is 9.46. The van der Waals surface area contributed by atoms with E-state index < -0.39 is 27.4 Å². The summed E-state index contributed by atoms with van der Waals surface area (Å²) < 4.78 is 29.8. The largest absolute Gasteiger partial charge is 0.444 e. The van der Waals surface area contributed by atoms with Crippen molar-refractivity contribution in [3.8, 4) is 0 Å². The van der Waals surface area contributed by atoms with Crippen molar-refractivity contribution in [1.29, 1.82) is 0 Å². The second-order valence-corrected chi connectivity index (χ2v) is 12.8. The monoisotopic (exact) mass is 510 g/mol. The fourth-order valence-electron chi connectivity index (χ4n) is 4.15. The molecule has 2 amide bonds. The Bertz CT molecular complexity index is 1080. The topological polar surface area (TPSA) is 108 Å². The maximum atomic E-state index is 12.6. The van der Waals surface area contributed by atoms with Crippen LogP contribution in [0.1, 0.15) is 40.2 Å². The molecule has 0 aliphatic carbocycles. The van der Waals surface area contributed by atoms with Gasteiger partial charge in [-0.25, -0.2) is 13.2 Å². The number of carbonyl (C=O) groups excluding carboxylic acids is 2. The van der Waals surface area contributed by atoms with E-state index in [2.05, 4.69) is 35.1 Å². The minimum absolute atomic E-state index is 0.0191. The Hall–Kier alpha value is -2.27. The number of amides is 2. The zero-order valence-electron chi connectivity index (χ0n) is 20.6. The van der Waals surface area contributed by atoms with Crippen molar-refractivity contribution >= 4 is 50.1 Å². The molecule has 34 heavy (non-hydrogen) atoms. The maximum absolute atomic E-state index is 12.6. The normalized spacial score (nSPS) is 22.5. The maximum Gasteiger partial charge on any atom is 0.408 e. The number of aliphatic imine (C=N–C) groups is 1. The number of aryl methyl sites for hydroxylation is 1. The molecule has 9 nitrogen and oxygen atoms in total. The van der Waals surface area contributed by atoms with Crippen molar-refractivity contribution in [1.82, 2.24) is 5.32 Å². The van der Waals surface area contributed by atoms with Gasteiger partial charge in [0.15, 0.2) is 15.0 Å². The molecule has 2 aliphatic rings. The first-order chi connectivity index (χ1) is 15.8. The van der Waals surface area contributed by atoms with Gasteiger partial charge in [-0.2, -0.15) is 4.99 Å². The van der Waals surface area contributed by atoms with E-state index in [4.69, 9.17) is 4.74 Å². The smallest absolute Gasteiger partial charge is 0.408 e. The van der Waals surface area contributed by atoms with Crippen molar-refractivity contribution in [2.75, 3.05) is 40.9 Å².